The summed E-state index contributed by atoms with van der Waals surface area (Å²) in [6, 6.07) is 0. The number of ether oxygens (including phenoxy) is 1. The normalized spacial score (nSPS) is 42.5. The molecule has 0 heterocycles. The maximum Gasteiger partial charge on any atom is 0.0612 e. The van der Waals surface area contributed by atoms with E-state index in [4.69, 9.17) is 4.74 Å². The Morgan fingerprint density at radius 1 is 1.00 bits per heavy atom. The number of rotatable bonds is 8. The molecular weight excluding hydrogens is 400 g/mol. The fourth-order valence-electron chi connectivity index (χ4n) is 9.24. The lowest BCUT2D eigenvalue weighted by molar-refractivity contribution is -0.0612. The number of fused-ring (bicyclic) bond motifs is 5. The molecule has 3 saturated carbocycles. The molecule has 4 aliphatic carbocycles. The molecule has 4 aliphatic rings. The summed E-state index contributed by atoms with van der Waals surface area (Å²) in [7, 11) is 0. The summed E-state index contributed by atoms with van der Waals surface area (Å²) in [5.41, 5.74) is 2.77. The highest BCUT2D eigenvalue weighted by Crippen LogP contribution is 2.67. The third-order valence-electron chi connectivity index (χ3n) is 11.3. The van der Waals surface area contributed by atoms with E-state index in [1.54, 1.807) is 5.57 Å². The van der Waals surface area contributed by atoms with Gasteiger partial charge in [-0.05, 0) is 116 Å². The van der Waals surface area contributed by atoms with Crippen molar-refractivity contribution in [1.29, 1.82) is 0 Å². The van der Waals surface area contributed by atoms with Gasteiger partial charge in [-0.15, -0.1) is 0 Å². The molecule has 0 bridgehead atoms. The highest BCUT2D eigenvalue weighted by atomic mass is 16.5. The molecule has 0 N–H and O–H groups in total. The van der Waals surface area contributed by atoms with Gasteiger partial charge in [0.2, 0.25) is 0 Å². The number of allylic oxidation sites excluding steroid dienone is 3. The van der Waals surface area contributed by atoms with E-state index >= 15 is 0 Å². The fourth-order valence-corrected chi connectivity index (χ4v) is 9.24. The highest BCUT2D eigenvalue weighted by molar-refractivity contribution is 5.25. The average molecular weight is 455 g/mol. The van der Waals surface area contributed by atoms with Gasteiger partial charge in [0.15, 0.2) is 0 Å². The summed E-state index contributed by atoms with van der Waals surface area (Å²) in [4.78, 5) is 0. The minimum Gasteiger partial charge on any atom is -0.378 e. The van der Waals surface area contributed by atoms with Crippen LogP contribution in [0.2, 0.25) is 0 Å². The summed E-state index contributed by atoms with van der Waals surface area (Å²) in [6.07, 6.45) is 21.8. The van der Waals surface area contributed by atoms with Gasteiger partial charge >= 0.3 is 0 Å². The molecule has 188 valence electrons. The van der Waals surface area contributed by atoms with Gasteiger partial charge in [0.25, 0.3) is 0 Å². The van der Waals surface area contributed by atoms with Crippen LogP contribution in [0, 0.1) is 52.3 Å². The van der Waals surface area contributed by atoms with Gasteiger partial charge in [-0.3, -0.25) is 0 Å². The van der Waals surface area contributed by atoms with Crippen molar-refractivity contribution < 1.29 is 4.74 Å². The fraction of sp³-hybridized carbons (Fsp3) is 0.875. The maximum absolute atomic E-state index is 6.20. The van der Waals surface area contributed by atoms with Gasteiger partial charge in [0, 0.05) is 6.61 Å². The van der Waals surface area contributed by atoms with Crippen LogP contribution in [0.15, 0.2) is 23.8 Å². The quantitative estimate of drug-likeness (QED) is 0.332. The smallest absolute Gasteiger partial charge is 0.0612 e. The molecule has 0 spiro atoms. The summed E-state index contributed by atoms with van der Waals surface area (Å²) in [5, 5.41) is 0. The van der Waals surface area contributed by atoms with Crippen molar-refractivity contribution in [2.75, 3.05) is 6.61 Å². The molecule has 0 amide bonds. The average Bonchev–Trinajstić information content (AvgIpc) is 3.15. The molecule has 1 heteroatoms. The predicted molar refractivity (Wildman–Crippen MR) is 142 cm³/mol. The van der Waals surface area contributed by atoms with Crippen LogP contribution in [0.4, 0.5) is 0 Å². The summed E-state index contributed by atoms with van der Waals surface area (Å²) in [6.45, 7) is 18.2. The van der Waals surface area contributed by atoms with Crippen molar-refractivity contribution in [3.05, 3.63) is 23.8 Å². The van der Waals surface area contributed by atoms with Crippen LogP contribution in [-0.4, -0.2) is 12.7 Å². The lowest BCUT2D eigenvalue weighted by Crippen LogP contribution is -2.50. The third kappa shape index (κ3) is 4.66. The SMILES string of the molecule is CCCO[C@@H]1CC[C@@]2(C)C(=CC[C@H]3[C@@H]4CC[C@@H]([C@H](C)/C=C/[C@@H](CC)C(C)C)[C@@]4(C)CC[C@@H]32)C1. The Morgan fingerprint density at radius 3 is 2.48 bits per heavy atom. The van der Waals surface area contributed by atoms with E-state index in [-0.39, 0.29) is 0 Å². The Morgan fingerprint density at radius 2 is 1.79 bits per heavy atom. The molecule has 0 unspecified atom stereocenters. The summed E-state index contributed by atoms with van der Waals surface area (Å²) < 4.78 is 6.20. The van der Waals surface area contributed by atoms with E-state index in [0.717, 1.165) is 54.5 Å². The van der Waals surface area contributed by atoms with Crippen LogP contribution < -0.4 is 0 Å². The van der Waals surface area contributed by atoms with Crippen LogP contribution in [0.5, 0.6) is 0 Å². The van der Waals surface area contributed by atoms with Gasteiger partial charge in [0.05, 0.1) is 6.10 Å². The Bertz CT molecular complexity index is 718. The van der Waals surface area contributed by atoms with Gasteiger partial charge in [-0.25, -0.2) is 0 Å². The minimum atomic E-state index is 0.450. The van der Waals surface area contributed by atoms with Crippen molar-refractivity contribution in [1.82, 2.24) is 0 Å². The van der Waals surface area contributed by atoms with E-state index < -0.39 is 0 Å². The van der Waals surface area contributed by atoms with Crippen LogP contribution in [0.25, 0.3) is 0 Å². The molecule has 1 nitrogen and oxygen atoms in total. The Hall–Kier alpha value is -0.560. The first-order valence-electron chi connectivity index (χ1n) is 14.7. The number of hydrogen-bond acceptors (Lipinski definition) is 1. The molecule has 33 heavy (non-hydrogen) atoms. The van der Waals surface area contributed by atoms with Crippen molar-refractivity contribution in [3.63, 3.8) is 0 Å². The Balaban J connectivity index is 1.48. The molecule has 0 aliphatic heterocycles. The zero-order valence-electron chi connectivity index (χ0n) is 23.0. The maximum atomic E-state index is 6.20. The van der Waals surface area contributed by atoms with Gasteiger partial charge in [-0.2, -0.15) is 0 Å². The molecule has 0 aromatic carbocycles. The van der Waals surface area contributed by atoms with E-state index in [2.05, 4.69) is 66.7 Å². The molecular formula is C32H54O. The van der Waals surface area contributed by atoms with E-state index in [0.29, 0.717) is 16.9 Å². The van der Waals surface area contributed by atoms with E-state index in [9.17, 15) is 0 Å². The predicted octanol–water partition coefficient (Wildman–Crippen LogP) is 9.24. The van der Waals surface area contributed by atoms with Gasteiger partial charge in [0.1, 0.15) is 0 Å². The largest absolute Gasteiger partial charge is 0.378 e. The van der Waals surface area contributed by atoms with Crippen LogP contribution in [0.1, 0.15) is 113 Å². The Labute approximate surface area is 206 Å². The van der Waals surface area contributed by atoms with E-state index in [1.165, 1.54) is 57.8 Å². The summed E-state index contributed by atoms with van der Waals surface area (Å²) in [5.74, 6) is 5.87. The Kier molecular flexibility index (Phi) is 7.89. The summed E-state index contributed by atoms with van der Waals surface area (Å²) >= 11 is 0. The second kappa shape index (κ2) is 10.2. The first kappa shape index (κ1) is 25.5. The molecule has 0 aromatic rings. The highest BCUT2D eigenvalue weighted by Gasteiger charge is 2.59. The van der Waals surface area contributed by atoms with Crippen LogP contribution in [-0.2, 0) is 4.74 Å². The van der Waals surface area contributed by atoms with Crippen molar-refractivity contribution in [3.8, 4) is 0 Å². The first-order chi connectivity index (χ1) is 15.7. The lowest BCUT2D eigenvalue weighted by Gasteiger charge is -2.58. The van der Waals surface area contributed by atoms with Crippen molar-refractivity contribution in [2.45, 2.75) is 119 Å². The zero-order chi connectivity index (χ0) is 23.8. The van der Waals surface area contributed by atoms with Crippen molar-refractivity contribution >= 4 is 0 Å². The number of hydrogen-bond donors (Lipinski definition) is 0. The topological polar surface area (TPSA) is 9.23 Å². The second-order valence-electron chi connectivity index (χ2n) is 13.3. The first-order valence-corrected chi connectivity index (χ1v) is 14.7. The standard InChI is InChI=1S/C32H54O/c1-8-20-33-26-16-18-31(6)25(21-26)12-13-27-29-15-14-28(32(29,7)19-17-30(27)31)23(5)10-11-24(9-2)22(3)4/h10-12,22-24,26-30H,8-9,13-21H2,1-7H3/b11-10+/t23-,24-,26-,27+,28+,29+,30+,31+,32-/m1/s1. The monoisotopic (exact) mass is 454 g/mol. The van der Waals surface area contributed by atoms with Crippen molar-refractivity contribution in [2.24, 2.45) is 52.3 Å². The minimum absolute atomic E-state index is 0.450. The zero-order valence-corrected chi connectivity index (χ0v) is 23.0. The molecule has 0 radical (unpaired) electrons. The van der Waals surface area contributed by atoms with Gasteiger partial charge < -0.3 is 4.74 Å². The third-order valence-corrected chi connectivity index (χ3v) is 11.3. The molecule has 3 fully saturated rings. The van der Waals surface area contributed by atoms with Crippen LogP contribution in [0.3, 0.4) is 0 Å². The molecule has 9 atom stereocenters. The molecule has 4 rings (SSSR count). The molecule has 0 saturated heterocycles. The lowest BCUT2D eigenvalue weighted by atomic mass is 9.47. The van der Waals surface area contributed by atoms with E-state index in [1.807, 2.05) is 0 Å². The molecule has 0 aromatic heterocycles. The second-order valence-corrected chi connectivity index (χ2v) is 13.3. The van der Waals surface area contributed by atoms with Gasteiger partial charge in [-0.1, -0.05) is 72.3 Å². The van der Waals surface area contributed by atoms with Crippen LogP contribution >= 0.6 is 0 Å².